The van der Waals surface area contributed by atoms with E-state index in [1.165, 1.54) is 0 Å². The van der Waals surface area contributed by atoms with E-state index in [4.69, 9.17) is 0 Å². The van der Waals surface area contributed by atoms with Crippen molar-refractivity contribution in [3.63, 3.8) is 0 Å². The lowest BCUT2D eigenvalue weighted by atomic mass is 10.1. The van der Waals surface area contributed by atoms with Crippen molar-refractivity contribution in [3.8, 4) is 0 Å². The first kappa shape index (κ1) is 10.9. The molecule has 16 heavy (non-hydrogen) atoms. The molecule has 2 heterocycles. The first-order valence-corrected chi connectivity index (χ1v) is 5.45. The van der Waals surface area contributed by atoms with E-state index in [1.54, 1.807) is 11.1 Å². The van der Waals surface area contributed by atoms with Crippen LogP contribution >= 0.6 is 0 Å². The van der Waals surface area contributed by atoms with Crippen LogP contribution in [-0.4, -0.2) is 40.4 Å². The van der Waals surface area contributed by atoms with Gasteiger partial charge in [0.15, 0.2) is 0 Å². The number of likely N-dealkylation sites (tertiary alicyclic amines) is 1. The Morgan fingerprint density at radius 2 is 2.38 bits per heavy atom. The van der Waals surface area contributed by atoms with E-state index < -0.39 is 0 Å². The summed E-state index contributed by atoms with van der Waals surface area (Å²) in [6.07, 6.45) is 3.19. The number of carbonyl (C=O) groups is 1. The highest BCUT2D eigenvalue weighted by molar-refractivity contribution is 5.77. The molecular formula is C11H16N4O. The highest BCUT2D eigenvalue weighted by Gasteiger charge is 2.23. The van der Waals surface area contributed by atoms with Crippen molar-refractivity contribution >= 4 is 11.9 Å². The minimum atomic E-state index is 0.158. The smallest absolute Gasteiger partial charge is 0.224 e. The zero-order valence-corrected chi connectivity index (χ0v) is 9.60. The predicted molar refractivity (Wildman–Crippen MR) is 61.1 cm³/mol. The number of nitrogens with one attached hydrogen (secondary N) is 1. The molecule has 5 heteroatoms. The van der Waals surface area contributed by atoms with Gasteiger partial charge in [0.2, 0.25) is 11.9 Å². The molecule has 0 aromatic carbocycles. The highest BCUT2D eigenvalue weighted by atomic mass is 16.2. The lowest BCUT2D eigenvalue weighted by molar-refractivity contribution is -0.132. The number of aryl methyl sites for hydroxylation is 1. The summed E-state index contributed by atoms with van der Waals surface area (Å²) >= 11 is 0. The monoisotopic (exact) mass is 220 g/mol. The van der Waals surface area contributed by atoms with Crippen molar-refractivity contribution in [2.45, 2.75) is 25.8 Å². The zero-order chi connectivity index (χ0) is 11.5. The van der Waals surface area contributed by atoms with Gasteiger partial charge in [0, 0.05) is 37.9 Å². The van der Waals surface area contributed by atoms with E-state index in [2.05, 4.69) is 15.3 Å². The second kappa shape index (κ2) is 4.47. The second-order valence-corrected chi connectivity index (χ2v) is 4.17. The van der Waals surface area contributed by atoms with Gasteiger partial charge in [0.25, 0.3) is 0 Å². The molecule has 5 nitrogen and oxygen atoms in total. The van der Waals surface area contributed by atoms with Crippen molar-refractivity contribution in [2.24, 2.45) is 0 Å². The standard InChI is InChI=1S/C11H16N4O/c1-8-3-5-12-11(13-8)14-9-4-6-15(2)10(16)7-9/h3,5,9H,4,6-7H2,1-2H3,(H,12,13,14). The maximum absolute atomic E-state index is 11.5. The third-order valence-corrected chi connectivity index (χ3v) is 2.79. The first-order chi connectivity index (χ1) is 7.65. The highest BCUT2D eigenvalue weighted by Crippen LogP contribution is 2.13. The third-order valence-electron chi connectivity index (χ3n) is 2.79. The van der Waals surface area contributed by atoms with Crippen LogP contribution in [0.5, 0.6) is 0 Å². The van der Waals surface area contributed by atoms with Crippen LogP contribution < -0.4 is 5.32 Å². The number of hydrogen-bond acceptors (Lipinski definition) is 4. The summed E-state index contributed by atoms with van der Waals surface area (Å²) in [5.41, 5.74) is 0.928. The zero-order valence-electron chi connectivity index (χ0n) is 9.60. The lowest BCUT2D eigenvalue weighted by Gasteiger charge is -2.29. The molecule has 86 valence electrons. The van der Waals surface area contributed by atoms with Crippen LogP contribution in [0.3, 0.4) is 0 Å². The predicted octanol–water partition coefficient (Wildman–Crippen LogP) is 0.818. The van der Waals surface area contributed by atoms with Crippen molar-refractivity contribution in [2.75, 3.05) is 18.9 Å². The van der Waals surface area contributed by atoms with E-state index in [9.17, 15) is 4.79 Å². The topological polar surface area (TPSA) is 58.1 Å². The van der Waals surface area contributed by atoms with E-state index in [0.29, 0.717) is 12.4 Å². The average Bonchev–Trinajstić information content (AvgIpc) is 2.24. The van der Waals surface area contributed by atoms with Crippen molar-refractivity contribution < 1.29 is 4.79 Å². The lowest BCUT2D eigenvalue weighted by Crippen LogP contribution is -2.41. The number of carbonyl (C=O) groups excluding carboxylic acids is 1. The molecule has 0 spiro atoms. The fourth-order valence-electron chi connectivity index (χ4n) is 1.77. The number of aromatic nitrogens is 2. The van der Waals surface area contributed by atoms with Gasteiger partial charge >= 0.3 is 0 Å². The van der Waals surface area contributed by atoms with Crippen molar-refractivity contribution in [1.29, 1.82) is 0 Å². The van der Waals surface area contributed by atoms with E-state index >= 15 is 0 Å². The van der Waals surface area contributed by atoms with Gasteiger partial charge in [0.05, 0.1) is 0 Å². The van der Waals surface area contributed by atoms with Crippen molar-refractivity contribution in [1.82, 2.24) is 14.9 Å². The van der Waals surface area contributed by atoms with Gasteiger partial charge in [-0.3, -0.25) is 4.79 Å². The van der Waals surface area contributed by atoms with Crippen LogP contribution in [0.25, 0.3) is 0 Å². The Labute approximate surface area is 94.9 Å². The molecule has 0 bridgehead atoms. The summed E-state index contributed by atoms with van der Waals surface area (Å²) in [7, 11) is 1.84. The van der Waals surface area contributed by atoms with Crippen LogP contribution in [0.1, 0.15) is 18.5 Å². The largest absolute Gasteiger partial charge is 0.351 e. The van der Waals surface area contributed by atoms with Gasteiger partial charge in [-0.1, -0.05) is 0 Å². The molecule has 1 aliphatic rings. The fraction of sp³-hybridized carbons (Fsp3) is 0.545. The Bertz CT molecular complexity index is 393. The summed E-state index contributed by atoms with van der Waals surface area (Å²) in [6, 6.07) is 2.01. The molecule has 0 radical (unpaired) electrons. The summed E-state index contributed by atoms with van der Waals surface area (Å²) < 4.78 is 0. The normalized spacial score (nSPS) is 21.0. The molecule has 0 aliphatic carbocycles. The molecule has 1 fully saturated rings. The van der Waals surface area contributed by atoms with Gasteiger partial charge < -0.3 is 10.2 Å². The molecule has 2 rings (SSSR count). The Morgan fingerprint density at radius 1 is 1.56 bits per heavy atom. The molecule has 1 N–H and O–H groups in total. The van der Waals surface area contributed by atoms with Crippen LogP contribution in [0.15, 0.2) is 12.3 Å². The number of amides is 1. The van der Waals surface area contributed by atoms with Crippen LogP contribution in [-0.2, 0) is 4.79 Å². The summed E-state index contributed by atoms with van der Waals surface area (Å²) in [5, 5.41) is 3.20. The number of nitrogens with zero attached hydrogens (tertiary/aromatic N) is 3. The minimum Gasteiger partial charge on any atom is -0.351 e. The Kier molecular flexibility index (Phi) is 3.03. The Morgan fingerprint density at radius 3 is 3.06 bits per heavy atom. The Balaban J connectivity index is 1.98. The quantitative estimate of drug-likeness (QED) is 0.801. The van der Waals surface area contributed by atoms with E-state index in [1.807, 2.05) is 20.0 Å². The summed E-state index contributed by atoms with van der Waals surface area (Å²) in [4.78, 5) is 21.7. The number of anilines is 1. The molecule has 1 aromatic rings. The molecule has 1 unspecified atom stereocenters. The van der Waals surface area contributed by atoms with Gasteiger partial charge in [0.1, 0.15) is 0 Å². The molecule has 0 saturated carbocycles. The van der Waals surface area contributed by atoms with Gasteiger partial charge in [-0.25, -0.2) is 9.97 Å². The average molecular weight is 220 g/mol. The molecule has 1 atom stereocenters. The summed E-state index contributed by atoms with van der Waals surface area (Å²) in [6.45, 7) is 2.72. The maximum atomic E-state index is 11.5. The molecular weight excluding hydrogens is 204 g/mol. The fourth-order valence-corrected chi connectivity index (χ4v) is 1.77. The molecule has 1 aliphatic heterocycles. The molecule has 1 saturated heterocycles. The van der Waals surface area contributed by atoms with Gasteiger partial charge in [-0.05, 0) is 19.4 Å². The number of hydrogen-bond donors (Lipinski definition) is 1. The number of piperidine rings is 1. The second-order valence-electron chi connectivity index (χ2n) is 4.17. The SMILES string of the molecule is Cc1ccnc(NC2CCN(C)C(=O)C2)n1. The number of rotatable bonds is 2. The first-order valence-electron chi connectivity index (χ1n) is 5.45. The van der Waals surface area contributed by atoms with E-state index in [-0.39, 0.29) is 11.9 Å². The van der Waals surface area contributed by atoms with Crippen LogP contribution in [0.4, 0.5) is 5.95 Å². The van der Waals surface area contributed by atoms with Crippen LogP contribution in [0, 0.1) is 6.92 Å². The maximum Gasteiger partial charge on any atom is 0.224 e. The Hall–Kier alpha value is -1.65. The molecule has 1 aromatic heterocycles. The van der Waals surface area contributed by atoms with Crippen LogP contribution in [0.2, 0.25) is 0 Å². The third kappa shape index (κ3) is 2.48. The van der Waals surface area contributed by atoms with Gasteiger partial charge in [-0.2, -0.15) is 0 Å². The molecule has 1 amide bonds. The minimum absolute atomic E-state index is 0.158. The summed E-state index contributed by atoms with van der Waals surface area (Å²) in [5.74, 6) is 0.791. The van der Waals surface area contributed by atoms with E-state index in [0.717, 1.165) is 18.7 Å². The van der Waals surface area contributed by atoms with Crippen molar-refractivity contribution in [3.05, 3.63) is 18.0 Å². The van der Waals surface area contributed by atoms with Gasteiger partial charge in [-0.15, -0.1) is 0 Å².